The standard InChI is InChI=1S/C23H26N2O3/c1-18-6-5-7-19(16-18)17-25-15-14-24(13-12-23(25)28)22(27)11-10-21(26)20-8-3-2-4-9-20/h2-9,16H,10-15,17H2,1H3. The molecule has 1 aliphatic heterocycles. The van der Waals surface area contributed by atoms with E-state index in [0.717, 1.165) is 5.56 Å². The van der Waals surface area contributed by atoms with Gasteiger partial charge in [0.1, 0.15) is 0 Å². The van der Waals surface area contributed by atoms with Crippen LogP contribution in [-0.2, 0) is 16.1 Å². The third-order valence-corrected chi connectivity index (χ3v) is 5.06. The van der Waals surface area contributed by atoms with Crippen molar-refractivity contribution in [2.24, 2.45) is 0 Å². The van der Waals surface area contributed by atoms with E-state index in [2.05, 4.69) is 6.07 Å². The van der Waals surface area contributed by atoms with Crippen molar-refractivity contribution in [1.29, 1.82) is 0 Å². The Hall–Kier alpha value is -2.95. The number of rotatable bonds is 6. The molecule has 0 aromatic heterocycles. The van der Waals surface area contributed by atoms with Gasteiger partial charge < -0.3 is 9.80 Å². The summed E-state index contributed by atoms with van der Waals surface area (Å²) in [5.41, 5.74) is 2.90. The Kier molecular flexibility index (Phi) is 6.58. The zero-order chi connectivity index (χ0) is 19.9. The second-order valence-corrected chi connectivity index (χ2v) is 7.22. The summed E-state index contributed by atoms with van der Waals surface area (Å²) in [6.07, 6.45) is 0.699. The van der Waals surface area contributed by atoms with Crippen LogP contribution < -0.4 is 0 Å². The van der Waals surface area contributed by atoms with E-state index in [-0.39, 0.29) is 30.4 Å². The molecule has 3 rings (SSSR count). The molecule has 2 aromatic carbocycles. The lowest BCUT2D eigenvalue weighted by Gasteiger charge is -2.22. The van der Waals surface area contributed by atoms with Crippen molar-refractivity contribution < 1.29 is 14.4 Å². The molecule has 5 heteroatoms. The van der Waals surface area contributed by atoms with Gasteiger partial charge >= 0.3 is 0 Å². The molecule has 0 unspecified atom stereocenters. The van der Waals surface area contributed by atoms with E-state index in [1.54, 1.807) is 17.0 Å². The lowest BCUT2D eigenvalue weighted by molar-refractivity contribution is -0.131. The first kappa shape index (κ1) is 19.8. The van der Waals surface area contributed by atoms with Crippen LogP contribution in [0.2, 0.25) is 0 Å². The molecule has 5 nitrogen and oxygen atoms in total. The van der Waals surface area contributed by atoms with E-state index >= 15 is 0 Å². The van der Waals surface area contributed by atoms with Gasteiger partial charge in [0.15, 0.2) is 5.78 Å². The van der Waals surface area contributed by atoms with Crippen molar-refractivity contribution in [3.63, 3.8) is 0 Å². The first-order valence-corrected chi connectivity index (χ1v) is 9.72. The van der Waals surface area contributed by atoms with Crippen LogP contribution in [0.1, 0.15) is 40.7 Å². The van der Waals surface area contributed by atoms with E-state index in [4.69, 9.17) is 0 Å². The second kappa shape index (κ2) is 9.31. The van der Waals surface area contributed by atoms with E-state index in [1.165, 1.54) is 5.56 Å². The Bertz CT molecular complexity index is 848. The molecule has 0 aliphatic carbocycles. The van der Waals surface area contributed by atoms with Gasteiger partial charge in [-0.3, -0.25) is 14.4 Å². The molecule has 1 saturated heterocycles. The summed E-state index contributed by atoms with van der Waals surface area (Å²) in [5, 5.41) is 0. The highest BCUT2D eigenvalue weighted by Gasteiger charge is 2.24. The first-order chi connectivity index (χ1) is 13.5. The van der Waals surface area contributed by atoms with Gasteiger partial charge in [0.25, 0.3) is 0 Å². The number of benzene rings is 2. The van der Waals surface area contributed by atoms with E-state index in [0.29, 0.717) is 38.2 Å². The Morgan fingerprint density at radius 2 is 1.71 bits per heavy atom. The van der Waals surface area contributed by atoms with Crippen LogP contribution in [0.3, 0.4) is 0 Å². The maximum Gasteiger partial charge on any atom is 0.224 e. The van der Waals surface area contributed by atoms with Crippen LogP contribution in [-0.4, -0.2) is 47.0 Å². The Morgan fingerprint density at radius 3 is 2.46 bits per heavy atom. The molecular formula is C23H26N2O3. The molecule has 0 bridgehead atoms. The topological polar surface area (TPSA) is 57.7 Å². The van der Waals surface area contributed by atoms with E-state index in [1.807, 2.05) is 48.2 Å². The molecule has 0 saturated carbocycles. The van der Waals surface area contributed by atoms with Gasteiger partial charge in [-0.15, -0.1) is 0 Å². The maximum absolute atomic E-state index is 12.5. The number of hydrogen-bond acceptors (Lipinski definition) is 3. The number of carbonyl (C=O) groups excluding carboxylic acids is 3. The van der Waals surface area contributed by atoms with Crippen molar-refractivity contribution in [2.75, 3.05) is 19.6 Å². The Morgan fingerprint density at radius 1 is 0.929 bits per heavy atom. The molecule has 0 spiro atoms. The van der Waals surface area contributed by atoms with Crippen LogP contribution >= 0.6 is 0 Å². The summed E-state index contributed by atoms with van der Waals surface area (Å²) >= 11 is 0. The molecule has 2 amide bonds. The number of amides is 2. The van der Waals surface area contributed by atoms with Gasteiger partial charge in [0.05, 0.1) is 0 Å². The fourth-order valence-corrected chi connectivity index (χ4v) is 3.46. The van der Waals surface area contributed by atoms with E-state index in [9.17, 15) is 14.4 Å². The molecule has 28 heavy (non-hydrogen) atoms. The second-order valence-electron chi connectivity index (χ2n) is 7.22. The normalized spacial score (nSPS) is 14.7. The highest BCUT2D eigenvalue weighted by molar-refractivity contribution is 5.97. The largest absolute Gasteiger partial charge is 0.340 e. The van der Waals surface area contributed by atoms with Crippen molar-refractivity contribution in [2.45, 2.75) is 32.7 Å². The smallest absolute Gasteiger partial charge is 0.224 e. The summed E-state index contributed by atoms with van der Waals surface area (Å²) < 4.78 is 0. The van der Waals surface area contributed by atoms with Gasteiger partial charge in [-0.25, -0.2) is 0 Å². The van der Waals surface area contributed by atoms with Gasteiger partial charge in [-0.2, -0.15) is 0 Å². The van der Waals surface area contributed by atoms with Gasteiger partial charge in [-0.1, -0.05) is 60.2 Å². The van der Waals surface area contributed by atoms with Crippen LogP contribution in [0.5, 0.6) is 0 Å². The summed E-state index contributed by atoms with van der Waals surface area (Å²) in [4.78, 5) is 40.7. The number of hydrogen-bond donors (Lipinski definition) is 0. The number of Topliss-reactive ketones (excluding diaryl/α,β-unsaturated/α-hetero) is 1. The Labute approximate surface area is 166 Å². The third kappa shape index (κ3) is 5.28. The average Bonchev–Trinajstić information content (AvgIpc) is 2.88. The minimum Gasteiger partial charge on any atom is -0.340 e. The van der Waals surface area contributed by atoms with Crippen molar-refractivity contribution in [1.82, 2.24) is 9.80 Å². The number of nitrogens with zero attached hydrogens (tertiary/aromatic N) is 2. The van der Waals surface area contributed by atoms with Crippen LogP contribution in [0.15, 0.2) is 54.6 Å². The van der Waals surface area contributed by atoms with Crippen LogP contribution in [0.25, 0.3) is 0 Å². The molecule has 0 atom stereocenters. The molecular weight excluding hydrogens is 352 g/mol. The maximum atomic E-state index is 12.5. The molecule has 2 aromatic rings. The quantitative estimate of drug-likeness (QED) is 0.725. The predicted molar refractivity (Wildman–Crippen MR) is 108 cm³/mol. The van der Waals surface area contributed by atoms with Crippen LogP contribution in [0.4, 0.5) is 0 Å². The predicted octanol–water partition coefficient (Wildman–Crippen LogP) is 3.22. The van der Waals surface area contributed by atoms with Crippen LogP contribution in [0, 0.1) is 6.92 Å². The fourth-order valence-electron chi connectivity index (χ4n) is 3.46. The molecule has 1 aliphatic rings. The van der Waals surface area contributed by atoms with Gasteiger partial charge in [0, 0.05) is 51.0 Å². The molecule has 146 valence electrons. The monoisotopic (exact) mass is 378 g/mol. The fraction of sp³-hybridized carbons (Fsp3) is 0.348. The third-order valence-electron chi connectivity index (χ3n) is 5.06. The van der Waals surface area contributed by atoms with Gasteiger partial charge in [-0.05, 0) is 12.5 Å². The number of carbonyl (C=O) groups is 3. The van der Waals surface area contributed by atoms with Crippen molar-refractivity contribution in [3.05, 3.63) is 71.3 Å². The zero-order valence-electron chi connectivity index (χ0n) is 16.3. The number of ketones is 1. The van der Waals surface area contributed by atoms with Crippen molar-refractivity contribution >= 4 is 17.6 Å². The lowest BCUT2D eigenvalue weighted by Crippen LogP contribution is -2.35. The lowest BCUT2D eigenvalue weighted by atomic mass is 10.1. The summed E-state index contributed by atoms with van der Waals surface area (Å²) in [7, 11) is 0. The number of aryl methyl sites for hydroxylation is 1. The first-order valence-electron chi connectivity index (χ1n) is 9.72. The average molecular weight is 378 g/mol. The molecule has 0 radical (unpaired) electrons. The summed E-state index contributed by atoms with van der Waals surface area (Å²) in [5.74, 6) is -0.0208. The molecule has 1 heterocycles. The summed E-state index contributed by atoms with van der Waals surface area (Å²) in [6.45, 7) is 4.04. The molecule has 0 N–H and O–H groups in total. The van der Waals surface area contributed by atoms with E-state index < -0.39 is 0 Å². The highest BCUT2D eigenvalue weighted by atomic mass is 16.2. The van der Waals surface area contributed by atoms with Gasteiger partial charge in [0.2, 0.25) is 11.8 Å². The SMILES string of the molecule is Cc1cccc(CN2CCN(C(=O)CCC(=O)c3ccccc3)CCC2=O)c1. The minimum absolute atomic E-state index is 0.0269. The highest BCUT2D eigenvalue weighted by Crippen LogP contribution is 2.13. The summed E-state index contributed by atoms with van der Waals surface area (Å²) in [6, 6.07) is 17.1. The van der Waals surface area contributed by atoms with Crippen molar-refractivity contribution in [3.8, 4) is 0 Å². The Balaban J connectivity index is 1.52. The minimum atomic E-state index is -0.0607. The molecule has 1 fully saturated rings. The zero-order valence-corrected chi connectivity index (χ0v) is 16.3.